The second-order valence-electron chi connectivity index (χ2n) is 4.05. The zero-order valence-corrected chi connectivity index (χ0v) is 11.6. The van der Waals surface area contributed by atoms with Gasteiger partial charge in [-0.15, -0.1) is 11.3 Å². The molecule has 0 saturated carbocycles. The number of hydrogen-bond donors (Lipinski definition) is 1. The van der Waals surface area contributed by atoms with Crippen molar-refractivity contribution >= 4 is 11.3 Å². The summed E-state index contributed by atoms with van der Waals surface area (Å²) in [6.45, 7) is 8.30. The Kier molecular flexibility index (Phi) is 6.95. The first-order chi connectivity index (χ1) is 8.30. The van der Waals surface area contributed by atoms with E-state index in [1.165, 1.54) is 30.8 Å². The van der Waals surface area contributed by atoms with Crippen LogP contribution in [0, 0.1) is 11.8 Å². The van der Waals surface area contributed by atoms with Crippen LogP contribution in [0.4, 0.5) is 0 Å². The van der Waals surface area contributed by atoms with E-state index in [1.807, 2.05) is 0 Å². The van der Waals surface area contributed by atoms with E-state index in [0.717, 1.165) is 11.4 Å². The van der Waals surface area contributed by atoms with Gasteiger partial charge in [-0.3, -0.25) is 4.90 Å². The molecule has 0 amide bonds. The van der Waals surface area contributed by atoms with Crippen molar-refractivity contribution in [2.24, 2.45) is 5.73 Å². The molecule has 94 valence electrons. The zero-order valence-electron chi connectivity index (χ0n) is 10.8. The maximum absolute atomic E-state index is 5.37. The van der Waals surface area contributed by atoms with Gasteiger partial charge < -0.3 is 5.73 Å². The van der Waals surface area contributed by atoms with Gasteiger partial charge in [-0.1, -0.05) is 25.7 Å². The number of nitrogens with two attached hydrogens (primary N) is 1. The number of thiophene rings is 1. The molecule has 1 rings (SSSR count). The fraction of sp³-hybridized carbons (Fsp3) is 0.571. The first-order valence-corrected chi connectivity index (χ1v) is 7.11. The van der Waals surface area contributed by atoms with Crippen LogP contribution in [0.5, 0.6) is 0 Å². The minimum absolute atomic E-state index is 0.436. The maximum Gasteiger partial charge on any atom is 0.0772 e. The van der Waals surface area contributed by atoms with E-state index in [2.05, 4.69) is 42.7 Å². The third kappa shape index (κ3) is 5.36. The lowest BCUT2D eigenvalue weighted by atomic mass is 10.3. The van der Waals surface area contributed by atoms with Gasteiger partial charge in [-0.25, -0.2) is 0 Å². The van der Waals surface area contributed by atoms with Gasteiger partial charge in [0.15, 0.2) is 0 Å². The minimum atomic E-state index is 0.436. The first kappa shape index (κ1) is 14.2. The first-order valence-electron chi connectivity index (χ1n) is 6.30. The van der Waals surface area contributed by atoms with Crippen LogP contribution in [0.1, 0.15) is 36.4 Å². The second kappa shape index (κ2) is 8.30. The molecule has 3 heteroatoms. The molecule has 0 aliphatic heterocycles. The van der Waals surface area contributed by atoms with Crippen LogP contribution in [0.25, 0.3) is 0 Å². The molecule has 17 heavy (non-hydrogen) atoms. The Balaban J connectivity index is 2.56. The Hall–Kier alpha value is -0.820. The monoisotopic (exact) mass is 250 g/mol. The molecular weight excluding hydrogens is 228 g/mol. The van der Waals surface area contributed by atoms with Crippen LogP contribution in [0.2, 0.25) is 0 Å². The molecule has 1 heterocycles. The maximum atomic E-state index is 5.37. The summed E-state index contributed by atoms with van der Waals surface area (Å²) in [4.78, 5) is 5.03. The van der Waals surface area contributed by atoms with E-state index in [1.54, 1.807) is 11.3 Å². The Labute approximate surface area is 109 Å². The van der Waals surface area contributed by atoms with Crippen molar-refractivity contribution in [3.8, 4) is 11.8 Å². The third-order valence-electron chi connectivity index (χ3n) is 2.43. The van der Waals surface area contributed by atoms with Crippen LogP contribution in [-0.4, -0.2) is 24.5 Å². The van der Waals surface area contributed by atoms with Crippen LogP contribution in [-0.2, 0) is 6.54 Å². The van der Waals surface area contributed by atoms with Gasteiger partial charge in [0, 0.05) is 11.4 Å². The fourth-order valence-electron chi connectivity index (χ4n) is 1.79. The normalized spacial score (nSPS) is 10.4. The molecule has 0 saturated heterocycles. The van der Waals surface area contributed by atoms with E-state index in [9.17, 15) is 0 Å². The van der Waals surface area contributed by atoms with Gasteiger partial charge in [0.1, 0.15) is 0 Å². The van der Waals surface area contributed by atoms with Crippen LogP contribution in [0.15, 0.2) is 12.1 Å². The predicted molar refractivity (Wildman–Crippen MR) is 76.1 cm³/mol. The molecule has 2 nitrogen and oxygen atoms in total. The molecule has 0 atom stereocenters. The van der Waals surface area contributed by atoms with Gasteiger partial charge in [0.25, 0.3) is 0 Å². The third-order valence-corrected chi connectivity index (χ3v) is 3.42. The molecular formula is C14H22N2S. The Morgan fingerprint density at radius 2 is 1.94 bits per heavy atom. The Bertz CT molecular complexity index is 367. The van der Waals surface area contributed by atoms with Gasteiger partial charge in [-0.2, -0.15) is 0 Å². The Morgan fingerprint density at radius 1 is 1.24 bits per heavy atom. The molecule has 0 fully saturated rings. The van der Waals surface area contributed by atoms with Crippen LogP contribution >= 0.6 is 11.3 Å². The molecule has 1 aromatic rings. The molecule has 0 spiro atoms. The highest BCUT2D eigenvalue weighted by Crippen LogP contribution is 2.17. The summed E-state index contributed by atoms with van der Waals surface area (Å²) >= 11 is 1.78. The number of rotatable bonds is 6. The van der Waals surface area contributed by atoms with Crippen LogP contribution in [0.3, 0.4) is 0 Å². The highest BCUT2D eigenvalue weighted by molar-refractivity contribution is 7.12. The van der Waals surface area contributed by atoms with Gasteiger partial charge >= 0.3 is 0 Å². The van der Waals surface area contributed by atoms with Crippen molar-refractivity contribution in [2.75, 3.05) is 19.6 Å². The summed E-state index contributed by atoms with van der Waals surface area (Å²) in [5, 5.41) is 0. The zero-order chi connectivity index (χ0) is 12.5. The summed E-state index contributed by atoms with van der Waals surface area (Å²) in [5.41, 5.74) is 5.37. The van der Waals surface area contributed by atoms with Crippen molar-refractivity contribution in [1.82, 2.24) is 4.90 Å². The molecule has 0 aliphatic rings. The van der Waals surface area contributed by atoms with E-state index >= 15 is 0 Å². The molecule has 0 radical (unpaired) electrons. The van der Waals surface area contributed by atoms with Gasteiger partial charge in [-0.05, 0) is 38.1 Å². The SMILES string of the molecule is CCCN(CCC)Cc1ccc(C#CCN)s1. The second-order valence-corrected chi connectivity index (χ2v) is 5.22. The average molecular weight is 250 g/mol. The smallest absolute Gasteiger partial charge is 0.0772 e. The largest absolute Gasteiger partial charge is 0.320 e. The summed E-state index contributed by atoms with van der Waals surface area (Å²) in [5.74, 6) is 5.98. The molecule has 0 unspecified atom stereocenters. The van der Waals surface area contributed by atoms with E-state index in [0.29, 0.717) is 6.54 Å². The molecule has 0 aliphatic carbocycles. The summed E-state index contributed by atoms with van der Waals surface area (Å²) in [6, 6.07) is 4.28. The van der Waals surface area contributed by atoms with Crippen molar-refractivity contribution in [3.63, 3.8) is 0 Å². The quantitative estimate of drug-likeness (QED) is 0.787. The lowest BCUT2D eigenvalue weighted by Gasteiger charge is -2.19. The topological polar surface area (TPSA) is 29.3 Å². The average Bonchev–Trinajstić information content (AvgIpc) is 2.75. The van der Waals surface area contributed by atoms with Gasteiger partial charge in [0.05, 0.1) is 11.4 Å². The predicted octanol–water partition coefficient (Wildman–Crippen LogP) is 2.68. The van der Waals surface area contributed by atoms with Crippen molar-refractivity contribution in [3.05, 3.63) is 21.9 Å². The fourth-order valence-corrected chi connectivity index (χ4v) is 2.72. The van der Waals surface area contributed by atoms with Crippen molar-refractivity contribution in [1.29, 1.82) is 0 Å². The van der Waals surface area contributed by atoms with E-state index in [4.69, 9.17) is 5.73 Å². The van der Waals surface area contributed by atoms with E-state index in [-0.39, 0.29) is 0 Å². The number of hydrogen-bond acceptors (Lipinski definition) is 3. The summed E-state index contributed by atoms with van der Waals surface area (Å²) in [6.07, 6.45) is 2.43. The highest BCUT2D eigenvalue weighted by atomic mass is 32.1. The highest BCUT2D eigenvalue weighted by Gasteiger charge is 2.05. The van der Waals surface area contributed by atoms with Crippen molar-refractivity contribution in [2.45, 2.75) is 33.2 Å². The summed E-state index contributed by atoms with van der Waals surface area (Å²) < 4.78 is 0. The minimum Gasteiger partial charge on any atom is -0.320 e. The molecule has 2 N–H and O–H groups in total. The van der Waals surface area contributed by atoms with E-state index < -0.39 is 0 Å². The lowest BCUT2D eigenvalue weighted by molar-refractivity contribution is 0.269. The molecule has 1 aromatic heterocycles. The lowest BCUT2D eigenvalue weighted by Crippen LogP contribution is -2.24. The molecule has 0 bridgehead atoms. The van der Waals surface area contributed by atoms with Crippen molar-refractivity contribution < 1.29 is 0 Å². The standard InChI is InChI=1S/C14H22N2S/c1-3-10-16(11-4-2)12-14-8-7-13(17-14)6-5-9-15/h7-8H,3-4,9-12,15H2,1-2H3. The van der Waals surface area contributed by atoms with Crippen LogP contribution < -0.4 is 5.73 Å². The molecule has 0 aromatic carbocycles. The van der Waals surface area contributed by atoms with Gasteiger partial charge in [0.2, 0.25) is 0 Å². The Morgan fingerprint density at radius 3 is 2.53 bits per heavy atom. The number of nitrogens with zero attached hydrogens (tertiary/aromatic N) is 1. The summed E-state index contributed by atoms with van der Waals surface area (Å²) in [7, 11) is 0.